The van der Waals surface area contributed by atoms with Crippen LogP contribution in [0.1, 0.15) is 39.7 Å². The monoisotopic (exact) mass is 330 g/mol. The number of ether oxygens (including phenoxy) is 1. The van der Waals surface area contributed by atoms with Gasteiger partial charge in [0.1, 0.15) is 6.61 Å². The Hall–Kier alpha value is -3.19. The number of esters is 1. The highest BCUT2D eigenvalue weighted by atomic mass is 16.5. The lowest BCUT2D eigenvalue weighted by Gasteiger charge is -2.13. The normalized spacial score (nSPS) is 10.4. The van der Waals surface area contributed by atoms with Crippen LogP contribution in [0.25, 0.3) is 10.9 Å². The number of hydrogen-bond acceptors (Lipinski definition) is 4. The van der Waals surface area contributed by atoms with E-state index in [-0.39, 0.29) is 6.61 Å². The Morgan fingerprint density at radius 3 is 2.64 bits per heavy atom. The molecule has 0 unspecified atom stereocenters. The maximum absolute atomic E-state index is 12.8. The van der Waals surface area contributed by atoms with Gasteiger partial charge in [0.25, 0.3) is 0 Å². The van der Waals surface area contributed by atoms with Crippen LogP contribution >= 0.6 is 0 Å². The van der Waals surface area contributed by atoms with Crippen molar-refractivity contribution in [2.45, 2.75) is 26.9 Å². The topological polar surface area (TPSA) is 63.0 Å². The van der Waals surface area contributed by atoms with Crippen LogP contribution in [0.2, 0.25) is 0 Å². The van der Waals surface area contributed by atoms with Gasteiger partial charge in [-0.1, -0.05) is 43.3 Å². The predicted octanol–water partition coefficient (Wildman–Crippen LogP) is 4.33. The van der Waals surface area contributed by atoms with Crippen LogP contribution in [-0.4, -0.2) is 11.0 Å². The van der Waals surface area contributed by atoms with E-state index in [1.54, 1.807) is 18.2 Å². The van der Waals surface area contributed by atoms with E-state index in [4.69, 9.17) is 10.00 Å². The van der Waals surface area contributed by atoms with Gasteiger partial charge in [-0.3, -0.25) is 4.98 Å². The summed E-state index contributed by atoms with van der Waals surface area (Å²) in [5.74, 6) is -0.390. The van der Waals surface area contributed by atoms with Gasteiger partial charge in [0.15, 0.2) is 0 Å². The number of carbonyl (C=O) groups excluding carboxylic acids is 1. The van der Waals surface area contributed by atoms with E-state index in [2.05, 4.69) is 11.1 Å². The summed E-state index contributed by atoms with van der Waals surface area (Å²) in [6.45, 7) is 3.99. The molecule has 124 valence electrons. The van der Waals surface area contributed by atoms with Crippen LogP contribution in [0.5, 0.6) is 0 Å². The summed E-state index contributed by atoms with van der Waals surface area (Å²) in [5.41, 5.74) is 4.29. The fraction of sp³-hybridized carbons (Fsp3) is 0.190. The molecule has 1 heterocycles. The zero-order valence-electron chi connectivity index (χ0n) is 14.2. The first kappa shape index (κ1) is 16.7. The SMILES string of the molecule is CCc1nc2ccccc2c(C(=O)OCc2ccccc2C#N)c1C. The highest BCUT2D eigenvalue weighted by Gasteiger charge is 2.19. The van der Waals surface area contributed by atoms with Crippen LogP contribution in [0.4, 0.5) is 0 Å². The standard InChI is InChI=1S/C21H18N2O2/c1-3-18-14(2)20(17-10-6-7-11-19(17)23-18)21(24)25-13-16-9-5-4-8-15(16)12-22/h4-11H,3,13H2,1-2H3. The Morgan fingerprint density at radius 2 is 1.88 bits per heavy atom. The minimum absolute atomic E-state index is 0.0696. The molecule has 25 heavy (non-hydrogen) atoms. The number of fused-ring (bicyclic) bond motifs is 1. The van der Waals surface area contributed by atoms with Crippen LogP contribution in [-0.2, 0) is 17.8 Å². The van der Waals surface area contributed by atoms with Crippen molar-refractivity contribution in [2.24, 2.45) is 0 Å². The molecular formula is C21H18N2O2. The second-order valence-electron chi connectivity index (χ2n) is 5.77. The number of para-hydroxylation sites is 1. The van der Waals surface area contributed by atoms with E-state index in [1.165, 1.54) is 0 Å². The summed E-state index contributed by atoms with van der Waals surface area (Å²) in [6.07, 6.45) is 0.744. The van der Waals surface area contributed by atoms with Crippen molar-refractivity contribution in [1.29, 1.82) is 5.26 Å². The van der Waals surface area contributed by atoms with E-state index in [0.717, 1.165) is 28.6 Å². The number of pyridine rings is 1. The van der Waals surface area contributed by atoms with Gasteiger partial charge in [-0.15, -0.1) is 0 Å². The predicted molar refractivity (Wildman–Crippen MR) is 96.1 cm³/mol. The average molecular weight is 330 g/mol. The lowest BCUT2D eigenvalue weighted by atomic mass is 10.0. The highest BCUT2D eigenvalue weighted by Crippen LogP contribution is 2.25. The number of carbonyl (C=O) groups is 1. The molecule has 0 bridgehead atoms. The third-order valence-electron chi connectivity index (χ3n) is 4.27. The van der Waals surface area contributed by atoms with Gasteiger partial charge in [0, 0.05) is 16.6 Å². The number of benzene rings is 2. The van der Waals surface area contributed by atoms with Crippen LogP contribution in [0.15, 0.2) is 48.5 Å². The van der Waals surface area contributed by atoms with Crippen molar-refractivity contribution in [3.63, 3.8) is 0 Å². The Kier molecular flexibility index (Phi) is 4.76. The molecular weight excluding hydrogens is 312 g/mol. The highest BCUT2D eigenvalue weighted by molar-refractivity contribution is 6.05. The van der Waals surface area contributed by atoms with Crippen LogP contribution in [0, 0.1) is 18.3 Å². The molecule has 0 atom stereocenters. The first-order valence-electron chi connectivity index (χ1n) is 8.19. The molecule has 0 fully saturated rings. The molecule has 0 saturated heterocycles. The van der Waals surface area contributed by atoms with Crippen LogP contribution < -0.4 is 0 Å². The summed E-state index contributed by atoms with van der Waals surface area (Å²) in [5, 5.41) is 9.94. The maximum atomic E-state index is 12.8. The molecule has 0 aliphatic rings. The molecule has 2 aromatic carbocycles. The van der Waals surface area contributed by atoms with Crippen molar-refractivity contribution in [3.8, 4) is 6.07 Å². The Bertz CT molecular complexity index is 987. The van der Waals surface area contributed by atoms with Crippen molar-refractivity contribution in [3.05, 3.63) is 76.5 Å². The van der Waals surface area contributed by atoms with Gasteiger partial charge >= 0.3 is 5.97 Å². The second kappa shape index (κ2) is 7.14. The molecule has 4 heteroatoms. The van der Waals surface area contributed by atoms with Crippen molar-refractivity contribution in [1.82, 2.24) is 4.98 Å². The summed E-state index contributed by atoms with van der Waals surface area (Å²) in [7, 11) is 0. The number of aryl methyl sites for hydroxylation is 1. The molecule has 0 radical (unpaired) electrons. The first-order valence-corrected chi connectivity index (χ1v) is 8.19. The quantitative estimate of drug-likeness (QED) is 0.668. The minimum Gasteiger partial charge on any atom is -0.457 e. The van der Waals surface area contributed by atoms with Crippen LogP contribution in [0.3, 0.4) is 0 Å². The summed E-state index contributed by atoms with van der Waals surface area (Å²) in [4.78, 5) is 17.4. The third kappa shape index (κ3) is 3.22. The first-order chi connectivity index (χ1) is 12.2. The summed E-state index contributed by atoms with van der Waals surface area (Å²) in [6, 6.07) is 16.8. The fourth-order valence-corrected chi connectivity index (χ4v) is 2.94. The maximum Gasteiger partial charge on any atom is 0.339 e. The Morgan fingerprint density at radius 1 is 1.16 bits per heavy atom. The zero-order valence-corrected chi connectivity index (χ0v) is 14.2. The Labute approximate surface area is 146 Å². The molecule has 3 rings (SSSR count). The number of nitrogens with zero attached hydrogens (tertiary/aromatic N) is 2. The zero-order chi connectivity index (χ0) is 17.8. The fourth-order valence-electron chi connectivity index (χ4n) is 2.94. The molecule has 4 nitrogen and oxygen atoms in total. The molecule has 0 aliphatic heterocycles. The smallest absolute Gasteiger partial charge is 0.339 e. The van der Waals surface area contributed by atoms with Crippen molar-refractivity contribution in [2.75, 3.05) is 0 Å². The number of aromatic nitrogens is 1. The van der Waals surface area contributed by atoms with E-state index in [1.807, 2.05) is 44.2 Å². The third-order valence-corrected chi connectivity index (χ3v) is 4.27. The largest absolute Gasteiger partial charge is 0.457 e. The summed E-state index contributed by atoms with van der Waals surface area (Å²) < 4.78 is 5.53. The van der Waals surface area contributed by atoms with E-state index >= 15 is 0 Å². The van der Waals surface area contributed by atoms with Gasteiger partial charge < -0.3 is 4.74 Å². The molecule has 0 amide bonds. The molecule has 1 aromatic heterocycles. The van der Waals surface area contributed by atoms with Crippen molar-refractivity contribution >= 4 is 16.9 Å². The van der Waals surface area contributed by atoms with Gasteiger partial charge in [-0.05, 0) is 31.0 Å². The second-order valence-corrected chi connectivity index (χ2v) is 5.77. The van der Waals surface area contributed by atoms with E-state index < -0.39 is 5.97 Å². The van der Waals surface area contributed by atoms with Crippen molar-refractivity contribution < 1.29 is 9.53 Å². The summed E-state index contributed by atoms with van der Waals surface area (Å²) >= 11 is 0. The van der Waals surface area contributed by atoms with Gasteiger partial charge in [-0.2, -0.15) is 5.26 Å². The van der Waals surface area contributed by atoms with Gasteiger partial charge in [-0.25, -0.2) is 4.79 Å². The Balaban J connectivity index is 1.97. The molecule has 0 N–H and O–H groups in total. The lowest BCUT2D eigenvalue weighted by molar-refractivity contribution is 0.0474. The lowest BCUT2D eigenvalue weighted by Crippen LogP contribution is -2.11. The average Bonchev–Trinajstić information content (AvgIpc) is 2.65. The van der Waals surface area contributed by atoms with Gasteiger partial charge in [0.2, 0.25) is 0 Å². The molecule has 0 saturated carbocycles. The number of hydrogen-bond donors (Lipinski definition) is 0. The van der Waals surface area contributed by atoms with E-state index in [9.17, 15) is 4.79 Å². The minimum atomic E-state index is -0.390. The van der Waals surface area contributed by atoms with E-state index in [0.29, 0.717) is 16.7 Å². The molecule has 0 spiro atoms. The van der Waals surface area contributed by atoms with Gasteiger partial charge in [0.05, 0.1) is 22.7 Å². The molecule has 0 aliphatic carbocycles. The molecule has 3 aromatic rings. The number of rotatable bonds is 4. The number of nitriles is 1.